The average molecular weight is 453 g/mol. The molecule has 156 valence electrons. The number of carbonyl (C=O) groups is 1. The third kappa shape index (κ3) is 4.93. The molecule has 0 saturated carbocycles. The highest BCUT2D eigenvalue weighted by atomic mass is 35.5. The van der Waals surface area contributed by atoms with Crippen LogP contribution < -0.4 is 16.3 Å². The number of aromatic nitrogens is 2. The summed E-state index contributed by atoms with van der Waals surface area (Å²) in [6.45, 7) is 1.93. The molecule has 31 heavy (non-hydrogen) atoms. The van der Waals surface area contributed by atoms with E-state index in [2.05, 4.69) is 20.6 Å². The van der Waals surface area contributed by atoms with Crippen molar-refractivity contribution in [3.05, 3.63) is 81.4 Å². The van der Waals surface area contributed by atoms with E-state index in [1.807, 2.05) is 31.2 Å². The smallest absolute Gasteiger partial charge is 0.323 e. The number of anilines is 1. The number of hydrogen-bond acceptors (Lipinski definition) is 4. The van der Waals surface area contributed by atoms with Crippen molar-refractivity contribution < 1.29 is 9.21 Å². The maximum absolute atomic E-state index is 12.2. The number of carbonyl (C=O) groups excluding carboxylic acids is 1. The van der Waals surface area contributed by atoms with Crippen molar-refractivity contribution in [1.29, 1.82) is 0 Å². The van der Waals surface area contributed by atoms with Crippen LogP contribution in [0, 0.1) is 6.92 Å². The van der Waals surface area contributed by atoms with Gasteiger partial charge in [-0.05, 0) is 67.2 Å². The first-order chi connectivity index (χ1) is 14.9. The Hall–Kier alpha value is -3.62. The lowest BCUT2D eigenvalue weighted by Crippen LogP contribution is -2.32. The van der Waals surface area contributed by atoms with E-state index in [0.717, 1.165) is 11.1 Å². The number of furan rings is 1. The predicted octanol–water partition coefficient (Wildman–Crippen LogP) is 4.60. The van der Waals surface area contributed by atoms with Gasteiger partial charge in [-0.1, -0.05) is 23.7 Å². The van der Waals surface area contributed by atoms with Gasteiger partial charge in [0.15, 0.2) is 5.11 Å². The minimum atomic E-state index is -0.412. The molecule has 0 bridgehead atoms. The number of fused-ring (bicyclic) bond motifs is 1. The van der Waals surface area contributed by atoms with E-state index in [1.165, 1.54) is 6.08 Å². The van der Waals surface area contributed by atoms with Crippen LogP contribution in [0.4, 0.5) is 5.69 Å². The first-order valence-electron chi connectivity index (χ1n) is 9.26. The summed E-state index contributed by atoms with van der Waals surface area (Å²) in [5.41, 5.74) is 3.49. The molecule has 0 aliphatic heterocycles. The third-order valence-corrected chi connectivity index (χ3v) is 5.10. The molecule has 0 spiro atoms. The fourth-order valence-electron chi connectivity index (χ4n) is 2.93. The topological polar surface area (TPSA) is 103 Å². The second-order valence-corrected chi connectivity index (χ2v) is 7.60. The summed E-state index contributed by atoms with van der Waals surface area (Å²) < 4.78 is 5.75. The van der Waals surface area contributed by atoms with Crippen molar-refractivity contribution in [1.82, 2.24) is 15.3 Å². The zero-order chi connectivity index (χ0) is 22.0. The van der Waals surface area contributed by atoms with Crippen molar-refractivity contribution in [2.45, 2.75) is 6.92 Å². The molecule has 1 amide bonds. The van der Waals surface area contributed by atoms with Gasteiger partial charge in [0, 0.05) is 22.3 Å². The monoisotopic (exact) mass is 452 g/mol. The summed E-state index contributed by atoms with van der Waals surface area (Å²) in [5, 5.41) is 6.25. The number of aromatic amines is 2. The number of imidazole rings is 1. The first kappa shape index (κ1) is 20.6. The van der Waals surface area contributed by atoms with E-state index in [4.69, 9.17) is 28.2 Å². The van der Waals surface area contributed by atoms with Crippen molar-refractivity contribution in [2.75, 3.05) is 5.32 Å². The van der Waals surface area contributed by atoms with Crippen molar-refractivity contribution in [3.63, 3.8) is 0 Å². The molecule has 9 heteroatoms. The van der Waals surface area contributed by atoms with Gasteiger partial charge in [0.1, 0.15) is 11.5 Å². The minimum absolute atomic E-state index is 0.126. The van der Waals surface area contributed by atoms with Gasteiger partial charge in [0.2, 0.25) is 5.91 Å². The normalized spacial score (nSPS) is 11.2. The molecule has 0 fully saturated rings. The van der Waals surface area contributed by atoms with Gasteiger partial charge >= 0.3 is 5.69 Å². The van der Waals surface area contributed by atoms with E-state index in [9.17, 15) is 9.59 Å². The fraction of sp³-hybridized carbons (Fsp3) is 0.0455. The molecule has 0 saturated heterocycles. The van der Waals surface area contributed by atoms with Crippen molar-refractivity contribution in [3.8, 4) is 11.3 Å². The Balaban J connectivity index is 1.36. The molecule has 0 atom stereocenters. The molecule has 2 heterocycles. The molecule has 4 aromatic rings. The van der Waals surface area contributed by atoms with Gasteiger partial charge in [-0.15, -0.1) is 0 Å². The van der Waals surface area contributed by atoms with Crippen LogP contribution in [0.1, 0.15) is 11.3 Å². The number of aryl methyl sites for hydroxylation is 1. The number of H-pyrrole nitrogens is 2. The molecular formula is C22H17ClN4O3S. The first-order valence-corrected chi connectivity index (χ1v) is 10.0. The molecule has 0 unspecified atom stereocenters. The molecule has 0 radical (unpaired) electrons. The summed E-state index contributed by atoms with van der Waals surface area (Å²) in [6, 6.07) is 14.4. The van der Waals surface area contributed by atoms with Gasteiger partial charge in [-0.2, -0.15) is 0 Å². The molecule has 4 N–H and O–H groups in total. The maximum Gasteiger partial charge on any atom is 0.323 e. The van der Waals surface area contributed by atoms with Crippen LogP contribution in [0.25, 0.3) is 28.4 Å². The molecule has 2 aromatic heterocycles. The van der Waals surface area contributed by atoms with E-state index in [0.29, 0.717) is 33.3 Å². The maximum atomic E-state index is 12.2. The van der Waals surface area contributed by atoms with E-state index in [1.54, 1.807) is 30.3 Å². The highest BCUT2D eigenvalue weighted by molar-refractivity contribution is 7.80. The van der Waals surface area contributed by atoms with Crippen molar-refractivity contribution >= 4 is 57.6 Å². The Labute approximate surface area is 187 Å². The molecule has 4 rings (SSSR count). The Bertz CT molecular complexity index is 1380. The highest BCUT2D eigenvalue weighted by Gasteiger charge is 2.07. The number of nitrogens with one attached hydrogen (secondary N) is 4. The third-order valence-electron chi connectivity index (χ3n) is 4.49. The Morgan fingerprint density at radius 1 is 1.10 bits per heavy atom. The SMILES string of the molecule is Cc1ccc(-c2ccc(/C=C/C(=O)NC(=S)Nc3ccc4[nH]c(=O)[nH]c4c3)o2)cc1Cl. The van der Waals surface area contributed by atoms with Crippen molar-refractivity contribution in [2.24, 2.45) is 0 Å². The summed E-state index contributed by atoms with van der Waals surface area (Å²) >= 11 is 11.3. The second kappa shape index (κ2) is 8.63. The van der Waals surface area contributed by atoms with E-state index < -0.39 is 5.91 Å². The van der Waals surface area contributed by atoms with Crippen LogP contribution in [-0.4, -0.2) is 21.0 Å². The summed E-state index contributed by atoms with van der Waals surface area (Å²) in [4.78, 5) is 28.8. The Kier molecular flexibility index (Phi) is 5.75. The van der Waals surface area contributed by atoms with E-state index in [-0.39, 0.29) is 10.8 Å². The van der Waals surface area contributed by atoms with Crippen LogP contribution in [0.5, 0.6) is 0 Å². The lowest BCUT2D eigenvalue weighted by atomic mass is 10.1. The van der Waals surface area contributed by atoms with Crippen LogP contribution in [0.3, 0.4) is 0 Å². The summed E-state index contributed by atoms with van der Waals surface area (Å²) in [6.07, 6.45) is 2.87. The summed E-state index contributed by atoms with van der Waals surface area (Å²) in [7, 11) is 0. The molecule has 0 aliphatic rings. The Morgan fingerprint density at radius 3 is 2.71 bits per heavy atom. The molecular weight excluding hydrogens is 436 g/mol. The number of thiocarbonyl (C=S) groups is 1. The fourth-order valence-corrected chi connectivity index (χ4v) is 3.33. The predicted molar refractivity (Wildman–Crippen MR) is 126 cm³/mol. The second-order valence-electron chi connectivity index (χ2n) is 6.78. The zero-order valence-electron chi connectivity index (χ0n) is 16.3. The zero-order valence-corrected chi connectivity index (χ0v) is 17.9. The number of halogens is 1. The summed E-state index contributed by atoms with van der Waals surface area (Å²) in [5.74, 6) is 0.755. The molecule has 7 nitrogen and oxygen atoms in total. The highest BCUT2D eigenvalue weighted by Crippen LogP contribution is 2.27. The van der Waals surface area contributed by atoms with Crippen LogP contribution in [-0.2, 0) is 4.79 Å². The van der Waals surface area contributed by atoms with Gasteiger partial charge in [-0.3, -0.25) is 10.1 Å². The lowest BCUT2D eigenvalue weighted by Gasteiger charge is -2.07. The number of amides is 1. The standard InChI is InChI=1S/C22H17ClN4O3S/c1-12-2-3-13(10-16(12)23)19-8-5-15(30-19)6-9-20(28)27-22(31)24-14-4-7-17-18(11-14)26-21(29)25-17/h2-11H,1H3,(H2,25,26,29)(H2,24,27,28,31)/b9-6+. The number of hydrogen-bond donors (Lipinski definition) is 4. The Morgan fingerprint density at radius 2 is 1.90 bits per heavy atom. The minimum Gasteiger partial charge on any atom is -0.457 e. The number of rotatable bonds is 4. The van der Waals surface area contributed by atoms with E-state index >= 15 is 0 Å². The van der Waals surface area contributed by atoms with Crippen LogP contribution in [0.2, 0.25) is 5.02 Å². The largest absolute Gasteiger partial charge is 0.457 e. The average Bonchev–Trinajstić information content (AvgIpc) is 3.34. The quantitative estimate of drug-likeness (QED) is 0.267. The lowest BCUT2D eigenvalue weighted by molar-refractivity contribution is -0.115. The molecule has 2 aromatic carbocycles. The van der Waals surface area contributed by atoms with Crippen LogP contribution in [0.15, 0.2) is 63.8 Å². The van der Waals surface area contributed by atoms with Gasteiger partial charge < -0.3 is 19.7 Å². The van der Waals surface area contributed by atoms with Gasteiger partial charge in [-0.25, -0.2) is 4.79 Å². The van der Waals surface area contributed by atoms with Gasteiger partial charge in [0.05, 0.1) is 11.0 Å². The van der Waals surface area contributed by atoms with Crippen LogP contribution >= 0.6 is 23.8 Å². The number of benzene rings is 2. The van der Waals surface area contributed by atoms with Gasteiger partial charge in [0.25, 0.3) is 0 Å². The molecule has 0 aliphatic carbocycles.